The lowest BCUT2D eigenvalue weighted by Crippen LogP contribution is -2.21. The van der Waals surface area contributed by atoms with E-state index in [2.05, 4.69) is 31.9 Å². The van der Waals surface area contributed by atoms with Crippen LogP contribution >= 0.6 is 31.9 Å². The molecular weight excluding hydrogens is 356 g/mol. The average Bonchev–Trinajstić information content (AvgIpc) is 2.28. The molecule has 94 valence electrons. The molecule has 1 rings (SSSR count). The Hall–Kier alpha value is -0.430. The minimum atomic E-state index is -1.20. The van der Waals surface area contributed by atoms with Crippen LogP contribution in [0.1, 0.15) is 28.4 Å². The number of aliphatic hydroxyl groups excluding tert-OH is 2. The Morgan fingerprint density at radius 3 is 2.53 bits per heavy atom. The predicted octanol–water partition coefficient (Wildman–Crippen LogP) is 2.33. The molecule has 0 fully saturated rings. The lowest BCUT2D eigenvalue weighted by atomic mass is 9.97. The summed E-state index contributed by atoms with van der Waals surface area (Å²) in [6.07, 6.45) is -1.85. The number of rotatable bonds is 5. The summed E-state index contributed by atoms with van der Waals surface area (Å²) in [5, 5.41) is 29.1. The molecule has 0 aliphatic heterocycles. The Morgan fingerprint density at radius 2 is 2.00 bits per heavy atom. The van der Waals surface area contributed by atoms with Gasteiger partial charge in [0.15, 0.2) is 0 Å². The molecule has 0 bridgehead atoms. The molecule has 17 heavy (non-hydrogen) atoms. The molecule has 1 aromatic carbocycles. The number of hydrogen-bond donors (Lipinski definition) is 3. The maximum atomic E-state index is 11.0. The summed E-state index contributed by atoms with van der Waals surface area (Å²) >= 11 is 6.32. The van der Waals surface area contributed by atoms with E-state index in [0.717, 1.165) is 0 Å². The fourth-order valence-corrected chi connectivity index (χ4v) is 2.28. The van der Waals surface area contributed by atoms with E-state index >= 15 is 0 Å². The quantitative estimate of drug-likeness (QED) is 0.698. The van der Waals surface area contributed by atoms with Gasteiger partial charge < -0.3 is 15.3 Å². The molecule has 0 amide bonds. The number of carbonyl (C=O) groups is 1. The van der Waals surface area contributed by atoms with Gasteiger partial charge in [0, 0.05) is 9.80 Å². The first-order valence-electron chi connectivity index (χ1n) is 4.92. The normalized spacial score (nSPS) is 14.4. The highest BCUT2D eigenvalue weighted by Gasteiger charge is 2.23. The molecule has 0 spiro atoms. The van der Waals surface area contributed by atoms with Crippen LogP contribution in [0.25, 0.3) is 0 Å². The second-order valence-corrected chi connectivity index (χ2v) is 5.24. The highest BCUT2D eigenvalue weighted by molar-refractivity contribution is 9.10. The standard InChI is InChI=1S/C11H12Br2O4/c12-4-3-9(14)10(15)7-2-1-6(13)5-8(7)11(16)17/h1-2,5,9-10,14-15H,3-4H2,(H,16,17). The van der Waals surface area contributed by atoms with E-state index in [-0.39, 0.29) is 11.1 Å². The van der Waals surface area contributed by atoms with Crippen molar-refractivity contribution in [3.8, 4) is 0 Å². The third-order valence-corrected chi connectivity index (χ3v) is 3.28. The molecule has 0 aliphatic rings. The molecule has 0 saturated carbocycles. The topological polar surface area (TPSA) is 77.8 Å². The summed E-state index contributed by atoms with van der Waals surface area (Å²) in [5.41, 5.74) is 0.203. The number of aromatic carboxylic acids is 1. The fraction of sp³-hybridized carbons (Fsp3) is 0.364. The molecule has 0 aliphatic carbocycles. The van der Waals surface area contributed by atoms with Gasteiger partial charge in [-0.25, -0.2) is 4.79 Å². The van der Waals surface area contributed by atoms with E-state index in [1.807, 2.05) is 0 Å². The van der Waals surface area contributed by atoms with Gasteiger partial charge in [0.25, 0.3) is 0 Å². The number of alkyl halides is 1. The summed E-state index contributed by atoms with van der Waals surface area (Å²) in [5.74, 6) is -1.13. The summed E-state index contributed by atoms with van der Waals surface area (Å²) in [4.78, 5) is 11.0. The zero-order valence-corrected chi connectivity index (χ0v) is 12.0. The Balaban J connectivity index is 3.08. The molecule has 4 nitrogen and oxygen atoms in total. The molecule has 2 unspecified atom stereocenters. The van der Waals surface area contributed by atoms with Crippen molar-refractivity contribution in [2.45, 2.75) is 18.6 Å². The van der Waals surface area contributed by atoms with Gasteiger partial charge in [0.05, 0.1) is 11.7 Å². The first-order chi connectivity index (χ1) is 7.97. The minimum absolute atomic E-state index is 0.0134. The molecule has 0 radical (unpaired) electrons. The van der Waals surface area contributed by atoms with Gasteiger partial charge in [-0.1, -0.05) is 37.9 Å². The van der Waals surface area contributed by atoms with Gasteiger partial charge >= 0.3 is 5.97 Å². The van der Waals surface area contributed by atoms with Gasteiger partial charge in [0.2, 0.25) is 0 Å². The van der Waals surface area contributed by atoms with Gasteiger partial charge in [-0.2, -0.15) is 0 Å². The largest absolute Gasteiger partial charge is 0.478 e. The van der Waals surface area contributed by atoms with Crippen molar-refractivity contribution in [1.29, 1.82) is 0 Å². The van der Waals surface area contributed by atoms with Crippen molar-refractivity contribution < 1.29 is 20.1 Å². The number of carboxylic acid groups (broad SMARTS) is 1. The fourth-order valence-electron chi connectivity index (χ4n) is 1.45. The summed E-state index contributed by atoms with van der Waals surface area (Å²) in [6, 6.07) is 4.53. The maximum Gasteiger partial charge on any atom is 0.336 e. The van der Waals surface area contributed by atoms with Crippen LogP contribution < -0.4 is 0 Å². The van der Waals surface area contributed by atoms with E-state index in [1.165, 1.54) is 12.1 Å². The molecule has 3 N–H and O–H groups in total. The summed E-state index contributed by atoms with van der Waals surface area (Å²) in [6.45, 7) is 0. The number of carboxylic acids is 1. The molecular formula is C11H12Br2O4. The van der Waals surface area contributed by atoms with Crippen LogP contribution in [0.4, 0.5) is 0 Å². The van der Waals surface area contributed by atoms with Gasteiger partial charge in [-0.15, -0.1) is 0 Å². The van der Waals surface area contributed by atoms with Crippen LogP contribution in [-0.2, 0) is 0 Å². The summed E-state index contributed by atoms with van der Waals surface area (Å²) < 4.78 is 0.612. The first-order valence-corrected chi connectivity index (χ1v) is 6.83. The van der Waals surface area contributed by atoms with E-state index in [0.29, 0.717) is 16.2 Å². The van der Waals surface area contributed by atoms with Gasteiger partial charge in [0.1, 0.15) is 6.10 Å². The van der Waals surface area contributed by atoms with Crippen LogP contribution in [0.3, 0.4) is 0 Å². The Bertz CT molecular complexity index is 408. The van der Waals surface area contributed by atoms with Crippen molar-refractivity contribution >= 4 is 37.8 Å². The maximum absolute atomic E-state index is 11.0. The van der Waals surface area contributed by atoms with Crippen LogP contribution in [-0.4, -0.2) is 32.7 Å². The molecule has 0 saturated heterocycles. The monoisotopic (exact) mass is 366 g/mol. The second-order valence-electron chi connectivity index (χ2n) is 3.53. The van der Waals surface area contributed by atoms with Crippen molar-refractivity contribution in [1.82, 2.24) is 0 Å². The lowest BCUT2D eigenvalue weighted by Gasteiger charge is -2.19. The zero-order chi connectivity index (χ0) is 13.0. The summed E-state index contributed by atoms with van der Waals surface area (Å²) in [7, 11) is 0. The zero-order valence-electron chi connectivity index (χ0n) is 8.81. The highest BCUT2D eigenvalue weighted by Crippen LogP contribution is 2.26. The van der Waals surface area contributed by atoms with E-state index < -0.39 is 18.2 Å². The Labute approximate surface area is 116 Å². The number of halogens is 2. The van der Waals surface area contributed by atoms with Crippen molar-refractivity contribution in [3.63, 3.8) is 0 Å². The molecule has 0 aromatic heterocycles. The van der Waals surface area contributed by atoms with Gasteiger partial charge in [-0.05, 0) is 24.1 Å². The van der Waals surface area contributed by atoms with Crippen LogP contribution in [0.15, 0.2) is 22.7 Å². The van der Waals surface area contributed by atoms with E-state index in [9.17, 15) is 15.0 Å². The van der Waals surface area contributed by atoms with Crippen LogP contribution in [0.5, 0.6) is 0 Å². The first kappa shape index (κ1) is 14.6. The minimum Gasteiger partial charge on any atom is -0.478 e. The Morgan fingerprint density at radius 1 is 1.35 bits per heavy atom. The lowest BCUT2D eigenvalue weighted by molar-refractivity contribution is 0.0163. The number of hydrogen-bond acceptors (Lipinski definition) is 3. The molecule has 6 heteroatoms. The second kappa shape index (κ2) is 6.49. The van der Waals surface area contributed by atoms with Crippen LogP contribution in [0.2, 0.25) is 0 Å². The van der Waals surface area contributed by atoms with Crippen molar-refractivity contribution in [2.24, 2.45) is 0 Å². The van der Waals surface area contributed by atoms with Crippen molar-refractivity contribution in [2.75, 3.05) is 5.33 Å². The Kier molecular flexibility index (Phi) is 5.58. The van der Waals surface area contributed by atoms with Gasteiger partial charge in [-0.3, -0.25) is 0 Å². The third kappa shape index (κ3) is 3.77. The smallest absolute Gasteiger partial charge is 0.336 e. The highest BCUT2D eigenvalue weighted by atomic mass is 79.9. The molecule has 2 atom stereocenters. The molecule has 1 aromatic rings. The third-order valence-electron chi connectivity index (χ3n) is 2.33. The van der Waals surface area contributed by atoms with E-state index in [4.69, 9.17) is 5.11 Å². The average molecular weight is 368 g/mol. The SMILES string of the molecule is O=C(O)c1cc(Br)ccc1C(O)C(O)CCBr. The van der Waals surface area contributed by atoms with Crippen molar-refractivity contribution in [3.05, 3.63) is 33.8 Å². The molecule has 0 heterocycles. The van der Waals surface area contributed by atoms with Crippen LogP contribution in [0, 0.1) is 0 Å². The number of aliphatic hydroxyl groups is 2. The van der Waals surface area contributed by atoms with E-state index in [1.54, 1.807) is 6.07 Å². The number of benzene rings is 1. The predicted molar refractivity (Wildman–Crippen MR) is 70.5 cm³/mol.